The summed E-state index contributed by atoms with van der Waals surface area (Å²) in [5.74, 6) is 0.253. The van der Waals surface area contributed by atoms with Gasteiger partial charge in [-0.25, -0.2) is 0 Å². The van der Waals surface area contributed by atoms with E-state index in [1.165, 1.54) is 6.07 Å². The van der Waals surface area contributed by atoms with Crippen LogP contribution < -0.4 is 10.5 Å². The normalized spacial score (nSPS) is 18.0. The molecule has 0 radical (unpaired) electrons. The highest BCUT2D eigenvalue weighted by Crippen LogP contribution is 2.40. The molecule has 88 valence electrons. The molecule has 0 saturated carbocycles. The zero-order valence-electron chi connectivity index (χ0n) is 8.18. The second kappa shape index (κ2) is 4.86. The van der Waals surface area contributed by atoms with Gasteiger partial charge in [-0.3, -0.25) is 10.1 Å². The van der Waals surface area contributed by atoms with E-state index in [-0.39, 0.29) is 29.9 Å². The van der Waals surface area contributed by atoms with Crippen molar-refractivity contribution in [3.8, 4) is 5.75 Å². The van der Waals surface area contributed by atoms with Crippen LogP contribution in [0.5, 0.6) is 5.75 Å². The number of nitro benzene ring substituents is 1. The minimum atomic E-state index is -0.511. The highest BCUT2D eigenvalue weighted by atomic mass is 35.5. The number of fused-ring (bicyclic) bond motifs is 1. The van der Waals surface area contributed by atoms with Gasteiger partial charge in [-0.15, -0.1) is 12.4 Å². The van der Waals surface area contributed by atoms with Crippen molar-refractivity contribution in [1.29, 1.82) is 0 Å². The molecule has 0 unspecified atom stereocenters. The quantitative estimate of drug-likeness (QED) is 0.624. The number of rotatable bonds is 1. The van der Waals surface area contributed by atoms with Gasteiger partial charge in [0.2, 0.25) is 5.75 Å². The molecule has 1 atom stereocenters. The Morgan fingerprint density at radius 3 is 2.88 bits per heavy atom. The molecule has 0 aliphatic carbocycles. The highest BCUT2D eigenvalue weighted by molar-refractivity contribution is 6.31. The molecule has 7 heteroatoms. The number of hydrogen-bond acceptors (Lipinski definition) is 4. The zero-order chi connectivity index (χ0) is 11.0. The molecule has 0 spiro atoms. The van der Waals surface area contributed by atoms with Crippen molar-refractivity contribution in [2.45, 2.75) is 12.5 Å². The first-order valence-corrected chi connectivity index (χ1v) is 4.83. The van der Waals surface area contributed by atoms with Gasteiger partial charge in [0.25, 0.3) is 0 Å². The van der Waals surface area contributed by atoms with E-state index in [1.54, 1.807) is 6.07 Å². The van der Waals surface area contributed by atoms with Crippen LogP contribution in [0.1, 0.15) is 18.0 Å². The average Bonchev–Trinajstić information content (AvgIpc) is 2.18. The zero-order valence-corrected chi connectivity index (χ0v) is 9.75. The van der Waals surface area contributed by atoms with Crippen LogP contribution in [0.2, 0.25) is 5.02 Å². The van der Waals surface area contributed by atoms with E-state index in [2.05, 4.69) is 0 Å². The van der Waals surface area contributed by atoms with Crippen LogP contribution in [0.3, 0.4) is 0 Å². The van der Waals surface area contributed by atoms with E-state index < -0.39 is 4.92 Å². The van der Waals surface area contributed by atoms with E-state index in [0.29, 0.717) is 23.6 Å². The second-order valence-corrected chi connectivity index (χ2v) is 3.78. The van der Waals surface area contributed by atoms with Crippen molar-refractivity contribution >= 4 is 29.7 Å². The molecular weight excluding hydrogens is 255 g/mol. The molecule has 0 aromatic heterocycles. The van der Waals surface area contributed by atoms with Crippen LogP contribution in [0.4, 0.5) is 5.69 Å². The van der Waals surface area contributed by atoms with Gasteiger partial charge >= 0.3 is 5.69 Å². The number of hydrogen-bond donors (Lipinski definition) is 1. The maximum Gasteiger partial charge on any atom is 0.312 e. The Hall–Kier alpha value is -1.04. The Labute approximate surface area is 103 Å². The van der Waals surface area contributed by atoms with Crippen molar-refractivity contribution in [3.63, 3.8) is 0 Å². The molecule has 2 N–H and O–H groups in total. The lowest BCUT2D eigenvalue weighted by molar-refractivity contribution is -0.386. The molecule has 1 aliphatic rings. The molecule has 5 nitrogen and oxygen atoms in total. The van der Waals surface area contributed by atoms with Crippen LogP contribution in [0, 0.1) is 10.1 Å². The van der Waals surface area contributed by atoms with Crippen LogP contribution in [-0.4, -0.2) is 11.5 Å². The molecule has 1 heterocycles. The molecule has 0 bridgehead atoms. The number of halogens is 2. The summed E-state index contributed by atoms with van der Waals surface area (Å²) in [7, 11) is 0. The molecule has 2 rings (SSSR count). The summed E-state index contributed by atoms with van der Waals surface area (Å²) in [4.78, 5) is 10.2. The third-order valence-electron chi connectivity index (χ3n) is 2.33. The summed E-state index contributed by atoms with van der Waals surface area (Å²) < 4.78 is 5.26. The standard InChI is InChI=1S/C9H9ClN2O3.ClH/c10-5-3-6-7(11)1-2-15-9(6)8(4-5)12(13)14;/h3-4,7H,1-2,11H2;1H/t7-;/m1./s1. The Morgan fingerprint density at radius 1 is 1.56 bits per heavy atom. The van der Waals surface area contributed by atoms with E-state index in [9.17, 15) is 10.1 Å². The first-order chi connectivity index (χ1) is 7.09. The van der Waals surface area contributed by atoms with Gasteiger partial charge < -0.3 is 10.5 Å². The van der Waals surface area contributed by atoms with Crippen molar-refractivity contribution in [1.82, 2.24) is 0 Å². The lowest BCUT2D eigenvalue weighted by atomic mass is 10.0. The van der Waals surface area contributed by atoms with Gasteiger partial charge in [0.05, 0.1) is 11.5 Å². The number of benzene rings is 1. The Balaban J connectivity index is 0.00000128. The minimum absolute atomic E-state index is 0. The summed E-state index contributed by atoms with van der Waals surface area (Å²) in [5.41, 5.74) is 6.32. The third kappa shape index (κ3) is 2.21. The van der Waals surface area contributed by atoms with Gasteiger partial charge in [-0.05, 0) is 6.07 Å². The van der Waals surface area contributed by atoms with Gasteiger partial charge in [0, 0.05) is 29.1 Å². The van der Waals surface area contributed by atoms with E-state index >= 15 is 0 Å². The first-order valence-electron chi connectivity index (χ1n) is 4.46. The smallest absolute Gasteiger partial charge is 0.312 e. The molecule has 0 fully saturated rings. The van der Waals surface area contributed by atoms with Crippen molar-refractivity contribution in [3.05, 3.63) is 32.8 Å². The van der Waals surface area contributed by atoms with Crippen molar-refractivity contribution in [2.24, 2.45) is 5.73 Å². The van der Waals surface area contributed by atoms with Crippen LogP contribution >= 0.6 is 24.0 Å². The average molecular weight is 265 g/mol. The number of nitrogens with zero attached hydrogens (tertiary/aromatic N) is 1. The van der Waals surface area contributed by atoms with Gasteiger partial charge in [0.1, 0.15) is 0 Å². The first kappa shape index (κ1) is 13.0. The highest BCUT2D eigenvalue weighted by Gasteiger charge is 2.27. The fraction of sp³-hybridized carbons (Fsp3) is 0.333. The Morgan fingerprint density at radius 2 is 2.25 bits per heavy atom. The second-order valence-electron chi connectivity index (χ2n) is 3.34. The summed E-state index contributed by atoms with van der Waals surface area (Å²) in [6, 6.07) is 2.65. The van der Waals surface area contributed by atoms with Crippen molar-refractivity contribution in [2.75, 3.05) is 6.61 Å². The minimum Gasteiger partial charge on any atom is -0.487 e. The summed E-state index contributed by atoms with van der Waals surface area (Å²) in [5, 5.41) is 11.1. The lowest BCUT2D eigenvalue weighted by Crippen LogP contribution is -2.21. The predicted octanol–water partition coefficient (Wildman–Crippen LogP) is 2.45. The van der Waals surface area contributed by atoms with Gasteiger partial charge in [-0.2, -0.15) is 0 Å². The maximum absolute atomic E-state index is 10.8. The molecule has 1 aromatic carbocycles. The number of nitrogens with two attached hydrogens (primary N) is 1. The van der Waals surface area contributed by atoms with Crippen LogP contribution in [0.25, 0.3) is 0 Å². The molecule has 1 aliphatic heterocycles. The fourth-order valence-corrected chi connectivity index (χ4v) is 1.83. The van der Waals surface area contributed by atoms with Gasteiger partial charge in [0.15, 0.2) is 0 Å². The van der Waals surface area contributed by atoms with E-state index in [1.807, 2.05) is 0 Å². The van der Waals surface area contributed by atoms with Crippen LogP contribution in [-0.2, 0) is 0 Å². The molecule has 0 amide bonds. The lowest BCUT2D eigenvalue weighted by Gasteiger charge is -2.22. The van der Waals surface area contributed by atoms with E-state index in [4.69, 9.17) is 22.1 Å². The predicted molar refractivity (Wildman–Crippen MR) is 62.4 cm³/mol. The summed E-state index contributed by atoms with van der Waals surface area (Å²) in [6.45, 7) is 0.399. The third-order valence-corrected chi connectivity index (χ3v) is 2.55. The monoisotopic (exact) mass is 264 g/mol. The number of ether oxygens (including phenoxy) is 1. The summed E-state index contributed by atoms with van der Waals surface area (Å²) >= 11 is 5.78. The fourth-order valence-electron chi connectivity index (χ4n) is 1.61. The maximum atomic E-state index is 10.8. The van der Waals surface area contributed by atoms with E-state index in [0.717, 1.165) is 0 Å². The SMILES string of the molecule is Cl.N[C@@H]1CCOc2c1cc(Cl)cc2[N+](=O)[O-]. The summed E-state index contributed by atoms with van der Waals surface area (Å²) in [6.07, 6.45) is 0.643. The molecule has 1 aromatic rings. The molecule has 0 saturated heterocycles. The molecule has 16 heavy (non-hydrogen) atoms. The Bertz CT molecular complexity index is 425. The Kier molecular flexibility index (Phi) is 3.96. The molecular formula is C9H10Cl2N2O3. The van der Waals surface area contributed by atoms with Crippen LogP contribution in [0.15, 0.2) is 12.1 Å². The van der Waals surface area contributed by atoms with Gasteiger partial charge in [-0.1, -0.05) is 11.6 Å². The topological polar surface area (TPSA) is 78.4 Å². The van der Waals surface area contributed by atoms with Crippen molar-refractivity contribution < 1.29 is 9.66 Å². The number of nitro groups is 1. The largest absolute Gasteiger partial charge is 0.487 e.